The summed E-state index contributed by atoms with van der Waals surface area (Å²) in [6.07, 6.45) is 4.21. The van der Waals surface area contributed by atoms with Gasteiger partial charge in [0.2, 0.25) is 5.91 Å². The summed E-state index contributed by atoms with van der Waals surface area (Å²) in [5.41, 5.74) is 4.56. The van der Waals surface area contributed by atoms with Gasteiger partial charge < -0.3 is 4.90 Å². The highest BCUT2D eigenvalue weighted by Gasteiger charge is 2.20. The molecule has 1 saturated heterocycles. The molecule has 0 saturated carbocycles. The van der Waals surface area contributed by atoms with E-state index >= 15 is 0 Å². The molecule has 1 aliphatic heterocycles. The highest BCUT2D eigenvalue weighted by Crippen LogP contribution is 2.22. The molecule has 0 spiro atoms. The Balaban J connectivity index is 2.04. The van der Waals surface area contributed by atoms with E-state index in [1.54, 1.807) is 4.90 Å². The minimum Gasteiger partial charge on any atom is -0.333 e. The Hall–Kier alpha value is -2.17. The quantitative estimate of drug-likeness (QED) is 0.658. The molecule has 1 N–H and O–H groups in total. The predicted molar refractivity (Wildman–Crippen MR) is 100 cm³/mol. The molecular formula is C20H29N3O2. The topological polar surface area (TPSA) is 61.8 Å². The number of rotatable bonds is 5. The van der Waals surface area contributed by atoms with Crippen LogP contribution in [-0.4, -0.2) is 35.5 Å². The van der Waals surface area contributed by atoms with Crippen molar-refractivity contribution in [2.45, 2.75) is 52.9 Å². The molecule has 2 rings (SSSR count). The number of likely N-dealkylation sites (tertiary alicyclic amines) is 1. The molecule has 1 aliphatic rings. The van der Waals surface area contributed by atoms with Gasteiger partial charge in [0.25, 0.3) is 5.91 Å². The fraction of sp³-hybridized carbons (Fsp3) is 0.550. The van der Waals surface area contributed by atoms with Crippen LogP contribution in [0.2, 0.25) is 0 Å². The van der Waals surface area contributed by atoms with Crippen LogP contribution < -0.4 is 5.43 Å². The lowest BCUT2D eigenvalue weighted by atomic mass is 9.87. The summed E-state index contributed by atoms with van der Waals surface area (Å²) in [6.45, 7) is 7.17. The van der Waals surface area contributed by atoms with Gasteiger partial charge in [-0.3, -0.25) is 9.59 Å². The van der Waals surface area contributed by atoms with Crippen LogP contribution in [0.4, 0.5) is 0 Å². The summed E-state index contributed by atoms with van der Waals surface area (Å²) < 4.78 is 0. The number of hydrogen-bond donors (Lipinski definition) is 1. The summed E-state index contributed by atoms with van der Waals surface area (Å²) in [7, 11) is 0. The van der Waals surface area contributed by atoms with Crippen LogP contribution in [0.25, 0.3) is 0 Å². The molecule has 5 nitrogen and oxygen atoms in total. The molecule has 0 aromatic heterocycles. The molecule has 0 aliphatic carbocycles. The maximum absolute atomic E-state index is 12.3. The summed E-state index contributed by atoms with van der Waals surface area (Å²) in [5.74, 6) is -0.174. The number of carbonyl (C=O) groups is 2. The largest absolute Gasteiger partial charge is 0.333 e. The third kappa shape index (κ3) is 6.69. The monoisotopic (exact) mass is 343 g/mol. The van der Waals surface area contributed by atoms with Gasteiger partial charge in [-0.2, -0.15) is 5.10 Å². The minimum absolute atomic E-state index is 0.0557. The summed E-state index contributed by atoms with van der Waals surface area (Å²) >= 11 is 0. The van der Waals surface area contributed by atoms with Crippen molar-refractivity contribution in [3.8, 4) is 0 Å². The lowest BCUT2D eigenvalue weighted by Gasteiger charge is -2.21. The normalized spacial score (nSPS) is 16.5. The summed E-state index contributed by atoms with van der Waals surface area (Å²) in [5, 5.41) is 4.37. The van der Waals surface area contributed by atoms with Crippen LogP contribution >= 0.6 is 0 Å². The van der Waals surface area contributed by atoms with E-state index < -0.39 is 0 Å². The Bertz CT molecular complexity index is 618. The maximum atomic E-state index is 12.3. The van der Waals surface area contributed by atoms with Gasteiger partial charge in [0.05, 0.1) is 5.71 Å². The molecule has 1 aromatic rings. The minimum atomic E-state index is -0.238. The molecule has 25 heavy (non-hydrogen) atoms. The zero-order valence-electron chi connectivity index (χ0n) is 15.5. The molecule has 1 fully saturated rings. The van der Waals surface area contributed by atoms with Crippen molar-refractivity contribution < 1.29 is 9.59 Å². The number of nitrogens with one attached hydrogen (secondary N) is 1. The summed E-state index contributed by atoms with van der Waals surface area (Å²) in [4.78, 5) is 25.9. The second-order valence-electron chi connectivity index (χ2n) is 7.82. The van der Waals surface area contributed by atoms with Crippen LogP contribution in [0.3, 0.4) is 0 Å². The first kappa shape index (κ1) is 19.2. The first-order chi connectivity index (χ1) is 11.8. The second kappa shape index (κ2) is 8.79. The van der Waals surface area contributed by atoms with Crippen molar-refractivity contribution >= 4 is 17.5 Å². The molecule has 0 atom stereocenters. The van der Waals surface area contributed by atoms with E-state index in [9.17, 15) is 9.59 Å². The predicted octanol–water partition coefficient (Wildman–Crippen LogP) is 3.35. The SMILES string of the molecule is CC(C)(C)C/C(=N\NC(=O)CN1CCCCCC1=O)c1ccccc1. The van der Waals surface area contributed by atoms with Gasteiger partial charge in [0.1, 0.15) is 6.54 Å². The van der Waals surface area contributed by atoms with Gasteiger partial charge in [-0.25, -0.2) is 5.43 Å². The Morgan fingerprint density at radius 3 is 2.56 bits per heavy atom. The van der Waals surface area contributed by atoms with Crippen molar-refractivity contribution in [2.75, 3.05) is 13.1 Å². The first-order valence-electron chi connectivity index (χ1n) is 9.04. The average molecular weight is 343 g/mol. The van der Waals surface area contributed by atoms with E-state index in [1.165, 1.54) is 0 Å². The number of amides is 2. The molecule has 1 heterocycles. The molecular weight excluding hydrogens is 314 g/mol. The van der Waals surface area contributed by atoms with Gasteiger partial charge in [-0.1, -0.05) is 57.5 Å². The number of hydrogen-bond acceptors (Lipinski definition) is 3. The Morgan fingerprint density at radius 1 is 1.16 bits per heavy atom. The average Bonchev–Trinajstić information content (AvgIpc) is 2.76. The molecule has 1 aromatic carbocycles. The molecule has 0 unspecified atom stereocenters. The van der Waals surface area contributed by atoms with Crippen LogP contribution in [0.5, 0.6) is 0 Å². The van der Waals surface area contributed by atoms with E-state index in [0.29, 0.717) is 13.0 Å². The van der Waals surface area contributed by atoms with Gasteiger partial charge in [0, 0.05) is 13.0 Å². The van der Waals surface area contributed by atoms with Gasteiger partial charge >= 0.3 is 0 Å². The van der Waals surface area contributed by atoms with E-state index in [0.717, 1.165) is 37.0 Å². The molecule has 2 amide bonds. The standard InChI is InChI=1S/C20H29N3O2/c1-20(2,3)14-17(16-10-6-4-7-11-16)21-22-18(24)15-23-13-9-5-8-12-19(23)25/h4,6-7,10-11H,5,8-9,12-15H2,1-3H3,(H,22,24)/b21-17+. The number of carbonyl (C=O) groups excluding carboxylic acids is 2. The van der Waals surface area contributed by atoms with Crippen molar-refractivity contribution in [2.24, 2.45) is 10.5 Å². The van der Waals surface area contributed by atoms with Crippen molar-refractivity contribution in [3.63, 3.8) is 0 Å². The van der Waals surface area contributed by atoms with E-state index in [2.05, 4.69) is 31.3 Å². The van der Waals surface area contributed by atoms with Crippen LogP contribution in [0.15, 0.2) is 35.4 Å². The summed E-state index contributed by atoms with van der Waals surface area (Å²) in [6, 6.07) is 9.88. The molecule has 136 valence electrons. The third-order valence-corrected chi connectivity index (χ3v) is 4.13. The molecule has 0 radical (unpaired) electrons. The number of hydrazone groups is 1. The lowest BCUT2D eigenvalue weighted by molar-refractivity contribution is -0.135. The third-order valence-electron chi connectivity index (χ3n) is 4.13. The second-order valence-corrected chi connectivity index (χ2v) is 7.82. The van der Waals surface area contributed by atoms with Gasteiger partial charge in [-0.05, 0) is 30.2 Å². The Labute approximate surface area is 150 Å². The van der Waals surface area contributed by atoms with E-state index in [4.69, 9.17) is 0 Å². The molecule has 5 heteroatoms. The van der Waals surface area contributed by atoms with Gasteiger partial charge in [0.15, 0.2) is 0 Å². The lowest BCUT2D eigenvalue weighted by Crippen LogP contribution is -2.39. The number of nitrogens with zero attached hydrogens (tertiary/aromatic N) is 2. The Morgan fingerprint density at radius 2 is 1.88 bits per heavy atom. The first-order valence-corrected chi connectivity index (χ1v) is 9.04. The highest BCUT2D eigenvalue weighted by atomic mass is 16.2. The number of benzene rings is 1. The van der Waals surface area contributed by atoms with E-state index in [1.807, 2.05) is 30.3 Å². The zero-order valence-corrected chi connectivity index (χ0v) is 15.5. The zero-order chi connectivity index (χ0) is 18.3. The highest BCUT2D eigenvalue weighted by molar-refractivity contribution is 6.01. The van der Waals surface area contributed by atoms with E-state index in [-0.39, 0.29) is 23.8 Å². The smallest absolute Gasteiger partial charge is 0.259 e. The van der Waals surface area contributed by atoms with Crippen molar-refractivity contribution in [3.05, 3.63) is 35.9 Å². The van der Waals surface area contributed by atoms with Crippen molar-refractivity contribution in [1.29, 1.82) is 0 Å². The van der Waals surface area contributed by atoms with Crippen LogP contribution in [0.1, 0.15) is 58.4 Å². The van der Waals surface area contributed by atoms with Gasteiger partial charge in [-0.15, -0.1) is 0 Å². The van der Waals surface area contributed by atoms with Crippen LogP contribution in [-0.2, 0) is 9.59 Å². The van der Waals surface area contributed by atoms with Crippen LogP contribution in [0, 0.1) is 5.41 Å². The maximum Gasteiger partial charge on any atom is 0.259 e. The fourth-order valence-corrected chi connectivity index (χ4v) is 2.88. The molecule has 0 bridgehead atoms. The van der Waals surface area contributed by atoms with Crippen molar-refractivity contribution in [1.82, 2.24) is 10.3 Å². The fourth-order valence-electron chi connectivity index (χ4n) is 2.88. The Kier molecular flexibility index (Phi) is 6.73.